The Morgan fingerprint density at radius 1 is 0.792 bits per heavy atom. The van der Waals surface area contributed by atoms with Crippen LogP contribution in [0.15, 0.2) is 85.1 Å². The van der Waals surface area contributed by atoms with Crippen molar-refractivity contribution in [1.82, 2.24) is 4.57 Å². The van der Waals surface area contributed by atoms with Gasteiger partial charge in [0.15, 0.2) is 0 Å². The fourth-order valence-electron chi connectivity index (χ4n) is 3.08. The standard InChI is InChI=1S/C20H14N2O2/c23-22(24)20-11-4-3-10-17(20)19-13-6-14-21(19)18-12-5-8-15-7-1-2-9-16(15)18/h1-14H. The molecule has 24 heavy (non-hydrogen) atoms. The van der Waals surface area contributed by atoms with Crippen LogP contribution < -0.4 is 0 Å². The molecule has 0 atom stereocenters. The third-order valence-corrected chi connectivity index (χ3v) is 4.15. The second kappa shape index (κ2) is 5.66. The molecule has 4 heteroatoms. The van der Waals surface area contributed by atoms with Gasteiger partial charge in [-0.25, -0.2) is 0 Å². The fraction of sp³-hybridized carbons (Fsp3) is 0. The van der Waals surface area contributed by atoms with E-state index in [2.05, 4.69) is 18.2 Å². The minimum Gasteiger partial charge on any atom is -0.316 e. The van der Waals surface area contributed by atoms with Gasteiger partial charge in [0.25, 0.3) is 5.69 Å². The SMILES string of the molecule is O=[N+]([O-])c1ccccc1-c1cccn1-c1cccc2ccccc12. The van der Waals surface area contributed by atoms with Crippen molar-refractivity contribution in [3.63, 3.8) is 0 Å². The Labute approximate surface area is 138 Å². The highest BCUT2D eigenvalue weighted by molar-refractivity contribution is 5.91. The molecule has 1 heterocycles. The van der Waals surface area contributed by atoms with Crippen LogP contribution in [0.4, 0.5) is 5.69 Å². The van der Waals surface area contributed by atoms with E-state index in [9.17, 15) is 10.1 Å². The monoisotopic (exact) mass is 314 g/mol. The highest BCUT2D eigenvalue weighted by atomic mass is 16.6. The number of nitrogens with zero attached hydrogens (tertiary/aromatic N) is 2. The quantitative estimate of drug-likeness (QED) is 0.385. The molecule has 3 aromatic carbocycles. The molecule has 1 aromatic heterocycles. The Morgan fingerprint density at radius 2 is 1.54 bits per heavy atom. The minimum absolute atomic E-state index is 0.109. The van der Waals surface area contributed by atoms with Crippen LogP contribution in [0.1, 0.15) is 0 Å². The normalized spacial score (nSPS) is 10.8. The van der Waals surface area contributed by atoms with Crippen LogP contribution in [-0.4, -0.2) is 9.49 Å². The Kier molecular flexibility index (Phi) is 3.35. The zero-order chi connectivity index (χ0) is 16.5. The summed E-state index contributed by atoms with van der Waals surface area (Å²) in [7, 11) is 0. The molecule has 0 spiro atoms. The van der Waals surface area contributed by atoms with Gasteiger partial charge in [-0.2, -0.15) is 0 Å². The number of hydrogen-bond donors (Lipinski definition) is 0. The summed E-state index contributed by atoms with van der Waals surface area (Å²) in [6.07, 6.45) is 1.94. The summed E-state index contributed by atoms with van der Waals surface area (Å²) in [5, 5.41) is 13.6. The zero-order valence-corrected chi connectivity index (χ0v) is 12.8. The highest BCUT2D eigenvalue weighted by Crippen LogP contribution is 2.33. The van der Waals surface area contributed by atoms with E-state index in [-0.39, 0.29) is 10.6 Å². The van der Waals surface area contributed by atoms with Gasteiger partial charge in [0.1, 0.15) is 0 Å². The lowest BCUT2D eigenvalue weighted by Gasteiger charge is -2.12. The Bertz CT molecular complexity index is 1040. The minimum atomic E-state index is -0.338. The average Bonchev–Trinajstić information content (AvgIpc) is 3.10. The van der Waals surface area contributed by atoms with Gasteiger partial charge in [0.2, 0.25) is 0 Å². The maximum absolute atomic E-state index is 11.4. The van der Waals surface area contributed by atoms with Gasteiger partial charge >= 0.3 is 0 Å². The molecule has 0 radical (unpaired) electrons. The van der Waals surface area contributed by atoms with Crippen molar-refractivity contribution in [2.75, 3.05) is 0 Å². The number of aromatic nitrogens is 1. The van der Waals surface area contributed by atoms with E-state index in [4.69, 9.17) is 0 Å². The number of para-hydroxylation sites is 1. The number of nitro groups is 1. The van der Waals surface area contributed by atoms with Gasteiger partial charge in [0.05, 0.1) is 21.9 Å². The largest absolute Gasteiger partial charge is 0.316 e. The molecule has 0 amide bonds. The number of nitro benzene ring substituents is 1. The van der Waals surface area contributed by atoms with E-state index in [1.165, 1.54) is 6.07 Å². The topological polar surface area (TPSA) is 48.1 Å². The van der Waals surface area contributed by atoms with E-state index in [0.29, 0.717) is 5.56 Å². The van der Waals surface area contributed by atoms with Gasteiger partial charge < -0.3 is 4.57 Å². The lowest BCUT2D eigenvalue weighted by Crippen LogP contribution is -1.99. The Morgan fingerprint density at radius 3 is 2.42 bits per heavy atom. The van der Waals surface area contributed by atoms with E-state index in [1.54, 1.807) is 12.1 Å². The summed E-state index contributed by atoms with van der Waals surface area (Å²) in [4.78, 5) is 11.0. The number of rotatable bonds is 3. The van der Waals surface area contributed by atoms with E-state index >= 15 is 0 Å². The second-order valence-corrected chi connectivity index (χ2v) is 5.54. The van der Waals surface area contributed by atoms with E-state index < -0.39 is 0 Å². The van der Waals surface area contributed by atoms with Crippen molar-refractivity contribution in [1.29, 1.82) is 0 Å². The Balaban J connectivity index is 1.98. The van der Waals surface area contributed by atoms with Crippen molar-refractivity contribution >= 4 is 16.5 Å². The molecule has 0 aliphatic carbocycles. The first-order valence-electron chi connectivity index (χ1n) is 7.65. The Hall–Kier alpha value is -3.40. The van der Waals surface area contributed by atoms with Crippen LogP contribution in [0.5, 0.6) is 0 Å². The maximum Gasteiger partial charge on any atom is 0.278 e. The van der Waals surface area contributed by atoms with Crippen LogP contribution in [0, 0.1) is 10.1 Å². The van der Waals surface area contributed by atoms with Crippen LogP contribution in [0.25, 0.3) is 27.7 Å². The molecule has 0 saturated carbocycles. The number of fused-ring (bicyclic) bond motifs is 1. The first kappa shape index (κ1) is 14.2. The molecular weight excluding hydrogens is 300 g/mol. The summed E-state index contributed by atoms with van der Waals surface area (Å²) >= 11 is 0. The predicted octanol–water partition coefficient (Wildman–Crippen LogP) is 5.21. The van der Waals surface area contributed by atoms with Gasteiger partial charge in [-0.05, 0) is 29.7 Å². The summed E-state index contributed by atoms with van der Waals surface area (Å²) in [6.45, 7) is 0. The average molecular weight is 314 g/mol. The molecule has 0 unspecified atom stereocenters. The first-order chi connectivity index (χ1) is 11.8. The lowest BCUT2D eigenvalue weighted by atomic mass is 10.1. The van der Waals surface area contributed by atoms with Crippen molar-refractivity contribution < 1.29 is 4.92 Å². The third-order valence-electron chi connectivity index (χ3n) is 4.15. The second-order valence-electron chi connectivity index (χ2n) is 5.54. The van der Waals surface area contributed by atoms with E-state index in [1.807, 2.05) is 53.2 Å². The van der Waals surface area contributed by atoms with Crippen LogP contribution in [0.3, 0.4) is 0 Å². The fourth-order valence-corrected chi connectivity index (χ4v) is 3.08. The van der Waals surface area contributed by atoms with Crippen LogP contribution in [0.2, 0.25) is 0 Å². The van der Waals surface area contributed by atoms with Gasteiger partial charge in [-0.1, -0.05) is 48.5 Å². The molecule has 0 bridgehead atoms. The predicted molar refractivity (Wildman–Crippen MR) is 95.4 cm³/mol. The maximum atomic E-state index is 11.4. The molecule has 0 aliphatic heterocycles. The van der Waals surface area contributed by atoms with Crippen molar-refractivity contribution in [3.05, 3.63) is 95.2 Å². The van der Waals surface area contributed by atoms with Crippen LogP contribution >= 0.6 is 0 Å². The summed E-state index contributed by atoms with van der Waals surface area (Å²) in [5.41, 5.74) is 2.53. The lowest BCUT2D eigenvalue weighted by molar-refractivity contribution is -0.384. The third kappa shape index (κ3) is 2.25. The first-order valence-corrected chi connectivity index (χ1v) is 7.65. The molecule has 0 saturated heterocycles. The highest BCUT2D eigenvalue weighted by Gasteiger charge is 2.17. The number of hydrogen-bond acceptors (Lipinski definition) is 2. The van der Waals surface area contributed by atoms with Crippen molar-refractivity contribution in [2.45, 2.75) is 0 Å². The summed E-state index contributed by atoms with van der Waals surface area (Å²) < 4.78 is 2.00. The molecule has 0 N–H and O–H groups in total. The van der Waals surface area contributed by atoms with Gasteiger partial charge in [-0.3, -0.25) is 10.1 Å². The molecule has 4 aromatic rings. The van der Waals surface area contributed by atoms with Crippen molar-refractivity contribution in [3.8, 4) is 16.9 Å². The molecular formula is C20H14N2O2. The van der Waals surface area contributed by atoms with Gasteiger partial charge in [0, 0.05) is 17.6 Å². The molecule has 0 aliphatic rings. The smallest absolute Gasteiger partial charge is 0.278 e. The molecule has 4 rings (SSSR count). The molecule has 116 valence electrons. The summed E-state index contributed by atoms with van der Waals surface area (Å²) in [6, 6.07) is 24.9. The number of benzene rings is 3. The molecule has 0 fully saturated rings. The summed E-state index contributed by atoms with van der Waals surface area (Å²) in [5.74, 6) is 0. The van der Waals surface area contributed by atoms with Gasteiger partial charge in [-0.15, -0.1) is 0 Å². The van der Waals surface area contributed by atoms with Crippen molar-refractivity contribution in [2.24, 2.45) is 0 Å². The zero-order valence-electron chi connectivity index (χ0n) is 12.8. The van der Waals surface area contributed by atoms with E-state index in [0.717, 1.165) is 22.2 Å². The molecule has 4 nitrogen and oxygen atoms in total. The van der Waals surface area contributed by atoms with Crippen LogP contribution in [-0.2, 0) is 0 Å².